The molecule has 0 saturated carbocycles. The molecule has 70 valence electrons. The maximum absolute atomic E-state index is 3.97. The number of hydrogen-bond donors (Lipinski definition) is 1. The average molecular weight is 175 g/mol. The zero-order valence-electron chi connectivity index (χ0n) is 7.74. The lowest BCUT2D eigenvalue weighted by molar-refractivity contribution is 0.264. The van der Waals surface area contributed by atoms with Crippen molar-refractivity contribution in [1.29, 1.82) is 0 Å². The van der Waals surface area contributed by atoms with Crippen molar-refractivity contribution in [1.82, 2.24) is 10.2 Å². The van der Waals surface area contributed by atoms with E-state index in [4.69, 9.17) is 0 Å². The molecule has 0 aliphatic carbocycles. The normalized spacial score (nSPS) is 24.5. The molecule has 2 rings (SSSR count). The SMILES string of the molecule is [CH2-]N1CCNC(c2ccccc2)C1. The molecule has 1 unspecified atom stereocenters. The lowest BCUT2D eigenvalue weighted by Crippen LogP contribution is -2.42. The van der Waals surface area contributed by atoms with E-state index in [1.165, 1.54) is 5.56 Å². The van der Waals surface area contributed by atoms with Gasteiger partial charge in [0.25, 0.3) is 0 Å². The Morgan fingerprint density at radius 2 is 2.08 bits per heavy atom. The van der Waals surface area contributed by atoms with Crippen LogP contribution in [0.5, 0.6) is 0 Å². The Bertz CT molecular complexity index is 258. The summed E-state index contributed by atoms with van der Waals surface area (Å²) < 4.78 is 0. The van der Waals surface area contributed by atoms with Gasteiger partial charge >= 0.3 is 0 Å². The fourth-order valence-corrected chi connectivity index (χ4v) is 1.72. The van der Waals surface area contributed by atoms with Gasteiger partial charge in [0, 0.05) is 12.6 Å². The van der Waals surface area contributed by atoms with Gasteiger partial charge in [-0.15, -0.1) is 0 Å². The number of nitrogens with zero attached hydrogens (tertiary/aromatic N) is 1. The number of hydrogen-bond acceptors (Lipinski definition) is 2. The summed E-state index contributed by atoms with van der Waals surface area (Å²) >= 11 is 0. The van der Waals surface area contributed by atoms with Crippen LogP contribution in [0.15, 0.2) is 30.3 Å². The van der Waals surface area contributed by atoms with Gasteiger partial charge in [-0.1, -0.05) is 30.3 Å². The van der Waals surface area contributed by atoms with Crippen LogP contribution in [0.25, 0.3) is 0 Å². The molecule has 1 aliphatic rings. The highest BCUT2D eigenvalue weighted by Crippen LogP contribution is 2.15. The fraction of sp³-hybridized carbons (Fsp3) is 0.364. The van der Waals surface area contributed by atoms with Crippen molar-refractivity contribution >= 4 is 0 Å². The van der Waals surface area contributed by atoms with Crippen LogP contribution in [0, 0.1) is 7.05 Å². The van der Waals surface area contributed by atoms with Crippen LogP contribution >= 0.6 is 0 Å². The van der Waals surface area contributed by atoms with E-state index >= 15 is 0 Å². The van der Waals surface area contributed by atoms with Gasteiger partial charge in [0.15, 0.2) is 0 Å². The van der Waals surface area contributed by atoms with Crippen LogP contribution in [0.3, 0.4) is 0 Å². The first-order chi connectivity index (χ1) is 6.36. The standard InChI is InChI=1S/C11H15N2/c1-13-8-7-12-11(9-13)10-5-3-2-4-6-10/h2-6,11-12H,1,7-9H2/q-1. The Kier molecular flexibility index (Phi) is 2.62. The monoisotopic (exact) mass is 175 g/mol. The molecule has 0 amide bonds. The van der Waals surface area contributed by atoms with Crippen LogP contribution in [-0.2, 0) is 0 Å². The third-order valence-electron chi connectivity index (χ3n) is 2.46. The van der Waals surface area contributed by atoms with Crippen molar-refractivity contribution in [2.75, 3.05) is 19.6 Å². The van der Waals surface area contributed by atoms with Crippen molar-refractivity contribution in [3.63, 3.8) is 0 Å². The minimum Gasteiger partial charge on any atom is -0.457 e. The fourth-order valence-electron chi connectivity index (χ4n) is 1.72. The molecule has 1 saturated heterocycles. The second kappa shape index (κ2) is 3.90. The Hall–Kier alpha value is -0.860. The highest BCUT2D eigenvalue weighted by molar-refractivity contribution is 5.19. The molecule has 2 heteroatoms. The molecule has 0 aromatic heterocycles. The highest BCUT2D eigenvalue weighted by Gasteiger charge is 2.14. The quantitative estimate of drug-likeness (QED) is 0.649. The molecule has 1 heterocycles. The molecule has 13 heavy (non-hydrogen) atoms. The van der Waals surface area contributed by atoms with E-state index in [2.05, 4.69) is 41.5 Å². The second-order valence-corrected chi connectivity index (χ2v) is 3.49. The average Bonchev–Trinajstić information content (AvgIpc) is 2.19. The summed E-state index contributed by atoms with van der Waals surface area (Å²) in [5.41, 5.74) is 1.36. The summed E-state index contributed by atoms with van der Waals surface area (Å²) in [5.74, 6) is 0. The molecule has 1 aliphatic heterocycles. The van der Waals surface area contributed by atoms with Crippen molar-refractivity contribution in [3.8, 4) is 0 Å². The molecule has 1 fully saturated rings. The van der Waals surface area contributed by atoms with E-state index in [9.17, 15) is 0 Å². The number of nitrogens with one attached hydrogen (secondary N) is 1. The molecule has 1 aromatic carbocycles. The van der Waals surface area contributed by atoms with Crippen LogP contribution in [0.1, 0.15) is 11.6 Å². The van der Waals surface area contributed by atoms with Crippen molar-refractivity contribution < 1.29 is 0 Å². The van der Waals surface area contributed by atoms with Crippen LogP contribution in [0.2, 0.25) is 0 Å². The molecule has 1 aromatic rings. The molecule has 0 spiro atoms. The first kappa shape index (κ1) is 8.73. The minimum absolute atomic E-state index is 0.451. The van der Waals surface area contributed by atoms with Gasteiger partial charge in [0.2, 0.25) is 0 Å². The van der Waals surface area contributed by atoms with E-state index in [0.717, 1.165) is 19.6 Å². The largest absolute Gasteiger partial charge is 0.457 e. The summed E-state index contributed by atoms with van der Waals surface area (Å²) in [7, 11) is 3.97. The predicted molar refractivity (Wildman–Crippen MR) is 54.1 cm³/mol. The maximum atomic E-state index is 3.97. The zero-order valence-corrected chi connectivity index (χ0v) is 7.74. The van der Waals surface area contributed by atoms with E-state index in [0.29, 0.717) is 6.04 Å². The van der Waals surface area contributed by atoms with Crippen LogP contribution < -0.4 is 5.32 Å². The Morgan fingerprint density at radius 3 is 2.77 bits per heavy atom. The third-order valence-corrected chi connectivity index (χ3v) is 2.46. The van der Waals surface area contributed by atoms with E-state index in [-0.39, 0.29) is 0 Å². The smallest absolute Gasteiger partial charge is 0.0425 e. The van der Waals surface area contributed by atoms with Crippen molar-refractivity contribution in [2.45, 2.75) is 6.04 Å². The topological polar surface area (TPSA) is 15.3 Å². The van der Waals surface area contributed by atoms with Crippen molar-refractivity contribution in [2.24, 2.45) is 0 Å². The van der Waals surface area contributed by atoms with Gasteiger partial charge in [-0.2, -0.15) is 0 Å². The van der Waals surface area contributed by atoms with Crippen LogP contribution in [0.4, 0.5) is 0 Å². The molecule has 0 bridgehead atoms. The lowest BCUT2D eigenvalue weighted by atomic mass is 10.1. The minimum atomic E-state index is 0.451. The Labute approximate surface area is 79.6 Å². The first-order valence-electron chi connectivity index (χ1n) is 4.70. The summed E-state index contributed by atoms with van der Waals surface area (Å²) in [4.78, 5) is 2.12. The highest BCUT2D eigenvalue weighted by atomic mass is 15.2. The molecule has 1 N–H and O–H groups in total. The Morgan fingerprint density at radius 1 is 1.31 bits per heavy atom. The van der Waals surface area contributed by atoms with Crippen molar-refractivity contribution in [3.05, 3.63) is 42.9 Å². The lowest BCUT2D eigenvalue weighted by Gasteiger charge is -2.36. The van der Waals surface area contributed by atoms with E-state index < -0.39 is 0 Å². The summed E-state index contributed by atoms with van der Waals surface area (Å²) in [6, 6.07) is 11.0. The Balaban J connectivity index is 2.08. The predicted octanol–water partition coefficient (Wildman–Crippen LogP) is 1.42. The molecular weight excluding hydrogens is 160 g/mol. The van der Waals surface area contributed by atoms with E-state index in [1.54, 1.807) is 0 Å². The third kappa shape index (κ3) is 2.08. The molecule has 1 atom stereocenters. The van der Waals surface area contributed by atoms with Gasteiger partial charge in [-0.3, -0.25) is 7.05 Å². The van der Waals surface area contributed by atoms with Gasteiger partial charge in [-0.25, -0.2) is 0 Å². The van der Waals surface area contributed by atoms with Crippen LogP contribution in [-0.4, -0.2) is 24.5 Å². The van der Waals surface area contributed by atoms with E-state index in [1.807, 2.05) is 6.07 Å². The zero-order chi connectivity index (χ0) is 9.10. The second-order valence-electron chi connectivity index (χ2n) is 3.49. The molecule has 0 radical (unpaired) electrons. The summed E-state index contributed by atoms with van der Waals surface area (Å²) in [6.45, 7) is 3.08. The number of piperazine rings is 1. The van der Waals surface area contributed by atoms with Gasteiger partial charge in [0.05, 0.1) is 0 Å². The number of benzene rings is 1. The first-order valence-corrected chi connectivity index (χ1v) is 4.70. The summed E-state index contributed by atoms with van der Waals surface area (Å²) in [6.07, 6.45) is 0. The van der Waals surface area contributed by atoms with Gasteiger partial charge < -0.3 is 10.2 Å². The maximum Gasteiger partial charge on any atom is 0.0425 e. The number of rotatable bonds is 1. The summed E-state index contributed by atoms with van der Waals surface area (Å²) in [5, 5.41) is 3.48. The molecule has 2 nitrogen and oxygen atoms in total. The van der Waals surface area contributed by atoms with Gasteiger partial charge in [0.1, 0.15) is 0 Å². The van der Waals surface area contributed by atoms with Gasteiger partial charge in [-0.05, 0) is 18.7 Å². The molecular formula is C11H15N2-.